The molecule has 0 fully saturated rings. The highest BCUT2D eigenvalue weighted by atomic mass is 16.5. The second-order valence-electron chi connectivity index (χ2n) is 10.0. The van der Waals surface area contributed by atoms with Gasteiger partial charge in [-0.25, -0.2) is 0 Å². The Hall–Kier alpha value is -4.32. The van der Waals surface area contributed by atoms with E-state index in [1.54, 1.807) is 14.2 Å². The van der Waals surface area contributed by atoms with Crippen molar-refractivity contribution in [3.63, 3.8) is 0 Å². The standard InChI is InChI=1S/C35H35NO4/c1-26-9-11-28(12-10-26)24-36(23-27-7-5-4-6-8-27)25-33-21-22-34(40-33)35(37,29-13-17-31(38-2)18-14-29)30-15-19-32(39-3)20-16-30/h4-22,37H,23-25H2,1-3H3. The first-order chi connectivity index (χ1) is 19.5. The normalized spacial score (nSPS) is 11.5. The number of rotatable bonds is 11. The van der Waals surface area contributed by atoms with E-state index in [4.69, 9.17) is 13.9 Å². The van der Waals surface area contributed by atoms with Gasteiger partial charge in [0.2, 0.25) is 0 Å². The van der Waals surface area contributed by atoms with Crippen LogP contribution in [0.1, 0.15) is 39.3 Å². The van der Waals surface area contributed by atoms with Crippen molar-refractivity contribution in [3.05, 3.63) is 155 Å². The number of benzene rings is 4. The highest BCUT2D eigenvalue weighted by Gasteiger charge is 2.37. The molecule has 5 nitrogen and oxygen atoms in total. The number of furan rings is 1. The summed E-state index contributed by atoms with van der Waals surface area (Å²) in [6.45, 7) is 4.23. The van der Waals surface area contributed by atoms with Crippen LogP contribution in [0.15, 0.2) is 120 Å². The fourth-order valence-corrected chi connectivity index (χ4v) is 4.95. The van der Waals surface area contributed by atoms with E-state index < -0.39 is 5.60 Å². The fraction of sp³-hybridized carbons (Fsp3) is 0.200. The molecule has 0 unspecified atom stereocenters. The lowest BCUT2D eigenvalue weighted by Crippen LogP contribution is -2.28. The highest BCUT2D eigenvalue weighted by molar-refractivity contribution is 5.46. The molecule has 5 aromatic rings. The van der Waals surface area contributed by atoms with Crippen LogP contribution in [0.2, 0.25) is 0 Å². The van der Waals surface area contributed by atoms with E-state index in [0.717, 1.165) is 18.8 Å². The molecule has 1 aromatic heterocycles. The topological polar surface area (TPSA) is 55.1 Å². The van der Waals surface area contributed by atoms with Crippen LogP contribution in [0.4, 0.5) is 0 Å². The van der Waals surface area contributed by atoms with Crippen molar-refractivity contribution >= 4 is 0 Å². The van der Waals surface area contributed by atoms with Crippen molar-refractivity contribution in [3.8, 4) is 11.5 Å². The third kappa shape index (κ3) is 6.12. The van der Waals surface area contributed by atoms with Gasteiger partial charge in [-0.3, -0.25) is 4.90 Å². The minimum atomic E-state index is -1.50. The van der Waals surface area contributed by atoms with Crippen LogP contribution in [0.5, 0.6) is 11.5 Å². The van der Waals surface area contributed by atoms with Gasteiger partial charge in [0.15, 0.2) is 5.60 Å². The average Bonchev–Trinajstić information content (AvgIpc) is 3.47. The molecule has 4 aromatic carbocycles. The first kappa shape index (κ1) is 27.3. The Labute approximate surface area is 236 Å². The van der Waals surface area contributed by atoms with Gasteiger partial charge in [0.25, 0.3) is 0 Å². The molecule has 5 heteroatoms. The first-order valence-corrected chi connectivity index (χ1v) is 13.4. The Morgan fingerprint density at radius 2 is 1.15 bits per heavy atom. The summed E-state index contributed by atoms with van der Waals surface area (Å²) in [7, 11) is 3.25. The molecular weight excluding hydrogens is 498 g/mol. The fourth-order valence-electron chi connectivity index (χ4n) is 4.95. The molecule has 0 spiro atoms. The molecule has 1 heterocycles. The maximum absolute atomic E-state index is 12.3. The summed E-state index contributed by atoms with van der Waals surface area (Å²) in [5, 5.41) is 12.3. The number of nitrogens with zero attached hydrogens (tertiary/aromatic N) is 1. The molecule has 0 aliphatic rings. The van der Waals surface area contributed by atoms with Crippen LogP contribution in [0.25, 0.3) is 0 Å². The van der Waals surface area contributed by atoms with Gasteiger partial charge in [-0.15, -0.1) is 0 Å². The molecule has 1 N–H and O–H groups in total. The second-order valence-corrected chi connectivity index (χ2v) is 10.0. The van der Waals surface area contributed by atoms with Crippen molar-refractivity contribution in [2.75, 3.05) is 14.2 Å². The van der Waals surface area contributed by atoms with Gasteiger partial charge in [-0.1, -0.05) is 84.4 Å². The SMILES string of the molecule is COc1ccc(C(O)(c2ccc(OC)cc2)c2ccc(CN(Cc3ccccc3)Cc3ccc(C)cc3)o2)cc1. The number of aryl methyl sites for hydroxylation is 1. The lowest BCUT2D eigenvalue weighted by atomic mass is 9.84. The Balaban J connectivity index is 1.47. The molecule has 204 valence electrons. The minimum Gasteiger partial charge on any atom is -0.497 e. The number of methoxy groups -OCH3 is 2. The molecule has 0 bridgehead atoms. The van der Waals surface area contributed by atoms with E-state index in [9.17, 15) is 5.11 Å². The van der Waals surface area contributed by atoms with Gasteiger partial charge in [0.1, 0.15) is 23.0 Å². The first-order valence-electron chi connectivity index (χ1n) is 13.4. The van der Waals surface area contributed by atoms with Crippen LogP contribution in [0, 0.1) is 6.92 Å². The van der Waals surface area contributed by atoms with Crippen molar-refractivity contribution < 1.29 is 19.0 Å². The largest absolute Gasteiger partial charge is 0.497 e. The monoisotopic (exact) mass is 533 g/mol. The summed E-state index contributed by atoms with van der Waals surface area (Å²) < 4.78 is 17.1. The Kier molecular flexibility index (Phi) is 8.34. The van der Waals surface area contributed by atoms with Gasteiger partial charge < -0.3 is 19.0 Å². The van der Waals surface area contributed by atoms with Crippen LogP contribution < -0.4 is 9.47 Å². The Morgan fingerprint density at radius 3 is 1.68 bits per heavy atom. The molecule has 0 atom stereocenters. The summed E-state index contributed by atoms with van der Waals surface area (Å²) in [6.07, 6.45) is 0. The van der Waals surface area contributed by atoms with E-state index in [2.05, 4.69) is 60.4 Å². The van der Waals surface area contributed by atoms with Crippen molar-refractivity contribution in [2.24, 2.45) is 0 Å². The van der Waals surface area contributed by atoms with Crippen LogP contribution in [-0.4, -0.2) is 24.2 Å². The van der Waals surface area contributed by atoms with Crippen LogP contribution in [0.3, 0.4) is 0 Å². The maximum atomic E-state index is 12.3. The molecule has 0 saturated carbocycles. The highest BCUT2D eigenvalue weighted by Crippen LogP contribution is 2.39. The van der Waals surface area contributed by atoms with Gasteiger partial charge in [-0.05, 0) is 65.6 Å². The number of hydrogen-bond acceptors (Lipinski definition) is 5. The summed E-state index contributed by atoms with van der Waals surface area (Å²) in [6, 6.07) is 37.7. The maximum Gasteiger partial charge on any atom is 0.173 e. The smallest absolute Gasteiger partial charge is 0.173 e. The van der Waals surface area contributed by atoms with E-state index in [1.165, 1.54) is 16.7 Å². The molecular formula is C35H35NO4. The third-order valence-electron chi connectivity index (χ3n) is 7.19. The molecule has 0 aliphatic carbocycles. The molecule has 5 rings (SSSR count). The lowest BCUT2D eigenvalue weighted by Gasteiger charge is -2.28. The van der Waals surface area contributed by atoms with Crippen molar-refractivity contribution in [2.45, 2.75) is 32.2 Å². The Morgan fingerprint density at radius 1 is 0.625 bits per heavy atom. The predicted molar refractivity (Wildman–Crippen MR) is 157 cm³/mol. The summed E-state index contributed by atoms with van der Waals surface area (Å²) >= 11 is 0. The number of ether oxygens (including phenoxy) is 2. The number of hydrogen-bond donors (Lipinski definition) is 1. The average molecular weight is 534 g/mol. The zero-order valence-corrected chi connectivity index (χ0v) is 23.2. The summed E-state index contributed by atoms with van der Waals surface area (Å²) in [5.41, 5.74) is 3.57. The van der Waals surface area contributed by atoms with E-state index in [-0.39, 0.29) is 0 Å². The quantitative estimate of drug-likeness (QED) is 0.196. The summed E-state index contributed by atoms with van der Waals surface area (Å²) in [5.74, 6) is 2.66. The zero-order chi connectivity index (χ0) is 28.0. The van der Waals surface area contributed by atoms with Gasteiger partial charge in [-0.2, -0.15) is 0 Å². The molecule has 0 saturated heterocycles. The van der Waals surface area contributed by atoms with Gasteiger partial charge in [0, 0.05) is 13.1 Å². The number of aliphatic hydroxyl groups is 1. The third-order valence-corrected chi connectivity index (χ3v) is 7.19. The van der Waals surface area contributed by atoms with Gasteiger partial charge >= 0.3 is 0 Å². The molecule has 0 radical (unpaired) electrons. The van der Waals surface area contributed by atoms with E-state index in [0.29, 0.717) is 34.9 Å². The van der Waals surface area contributed by atoms with Crippen molar-refractivity contribution in [1.82, 2.24) is 4.90 Å². The molecule has 0 aliphatic heterocycles. The minimum absolute atomic E-state index is 0.452. The molecule has 0 amide bonds. The van der Waals surface area contributed by atoms with E-state index in [1.807, 2.05) is 66.7 Å². The Bertz CT molecular complexity index is 1440. The zero-order valence-electron chi connectivity index (χ0n) is 23.2. The molecule has 40 heavy (non-hydrogen) atoms. The van der Waals surface area contributed by atoms with Gasteiger partial charge in [0.05, 0.1) is 20.8 Å². The van der Waals surface area contributed by atoms with E-state index >= 15 is 0 Å². The lowest BCUT2D eigenvalue weighted by molar-refractivity contribution is 0.0949. The predicted octanol–water partition coefficient (Wildman–Crippen LogP) is 7.09. The van der Waals surface area contributed by atoms with Crippen molar-refractivity contribution in [1.29, 1.82) is 0 Å². The second kappa shape index (κ2) is 12.2. The summed E-state index contributed by atoms with van der Waals surface area (Å²) in [4.78, 5) is 2.35. The van der Waals surface area contributed by atoms with Crippen LogP contribution >= 0.6 is 0 Å². The van der Waals surface area contributed by atoms with Crippen LogP contribution in [-0.2, 0) is 25.2 Å².